The van der Waals surface area contributed by atoms with Crippen molar-refractivity contribution in [3.05, 3.63) is 112 Å². The van der Waals surface area contributed by atoms with Crippen molar-refractivity contribution < 1.29 is 4.39 Å². The number of rotatable bonds is 4. The molecule has 1 aliphatic rings. The Hall–Kier alpha value is -4.03. The van der Waals surface area contributed by atoms with Gasteiger partial charge >= 0.3 is 0 Å². The second kappa shape index (κ2) is 8.39. The number of aromatic nitrogens is 3. The van der Waals surface area contributed by atoms with E-state index in [0.717, 1.165) is 51.1 Å². The lowest BCUT2D eigenvalue weighted by atomic mass is 10.0. The summed E-state index contributed by atoms with van der Waals surface area (Å²) in [6.45, 7) is 2.02. The van der Waals surface area contributed by atoms with Gasteiger partial charge in [-0.05, 0) is 41.5 Å². The number of nitrogens with one attached hydrogen (secondary N) is 2. The molecule has 168 valence electrons. The van der Waals surface area contributed by atoms with Gasteiger partial charge in [-0.15, -0.1) is 0 Å². The monoisotopic (exact) mass is 450 g/mol. The van der Waals surface area contributed by atoms with Crippen LogP contribution in [-0.4, -0.2) is 26.4 Å². The molecule has 0 bridgehead atoms. The van der Waals surface area contributed by atoms with Gasteiger partial charge in [0.1, 0.15) is 11.6 Å². The van der Waals surface area contributed by atoms with Gasteiger partial charge in [-0.3, -0.25) is 9.69 Å². The summed E-state index contributed by atoms with van der Waals surface area (Å²) in [5.41, 5.74) is 6.55. The first-order valence-corrected chi connectivity index (χ1v) is 11.4. The maximum Gasteiger partial charge on any atom is 0.255 e. The third kappa shape index (κ3) is 3.72. The van der Waals surface area contributed by atoms with Gasteiger partial charge in [0.15, 0.2) is 0 Å². The van der Waals surface area contributed by atoms with Gasteiger partial charge in [-0.25, -0.2) is 9.37 Å². The minimum absolute atomic E-state index is 0.0776. The highest BCUT2D eigenvalue weighted by Crippen LogP contribution is 2.32. The van der Waals surface area contributed by atoms with Crippen molar-refractivity contribution in [3.8, 4) is 22.6 Å². The van der Waals surface area contributed by atoms with Crippen molar-refractivity contribution in [1.29, 1.82) is 0 Å². The third-order valence-electron chi connectivity index (χ3n) is 6.52. The first kappa shape index (κ1) is 20.6. The summed E-state index contributed by atoms with van der Waals surface area (Å²) in [6.07, 6.45) is 0.716. The standard InChI is InChI=1S/C28H23FN4O/c29-20-12-10-18(11-13-20)26-22(21-8-4-5-9-24(21)30-26)16-33-15-14-25-23(17-33)28(34)32-27(31-25)19-6-2-1-3-7-19/h1-13,30H,14-17H2,(H,31,32,34). The number of aromatic amines is 2. The highest BCUT2D eigenvalue weighted by molar-refractivity contribution is 5.90. The predicted octanol–water partition coefficient (Wildman–Crippen LogP) is 5.28. The second-order valence-corrected chi connectivity index (χ2v) is 8.70. The molecule has 3 heterocycles. The summed E-state index contributed by atoms with van der Waals surface area (Å²) in [5.74, 6) is 0.365. The van der Waals surface area contributed by atoms with Gasteiger partial charge in [0.2, 0.25) is 0 Å². The minimum atomic E-state index is -0.254. The topological polar surface area (TPSA) is 64.8 Å². The van der Waals surface area contributed by atoms with E-state index in [2.05, 4.69) is 27.0 Å². The SMILES string of the molecule is O=c1[nH]c(-c2ccccc2)nc2c1CN(Cc1c(-c3ccc(F)cc3)[nH]c3ccccc13)CC2. The molecule has 0 radical (unpaired) electrons. The summed E-state index contributed by atoms with van der Waals surface area (Å²) in [4.78, 5) is 26.5. The molecule has 5 nitrogen and oxygen atoms in total. The Morgan fingerprint density at radius 3 is 2.47 bits per heavy atom. The number of nitrogens with zero attached hydrogens (tertiary/aromatic N) is 2. The van der Waals surface area contributed by atoms with Crippen LogP contribution < -0.4 is 5.56 Å². The van der Waals surface area contributed by atoms with Crippen LogP contribution >= 0.6 is 0 Å². The van der Waals surface area contributed by atoms with Crippen molar-refractivity contribution in [2.24, 2.45) is 0 Å². The molecule has 6 heteroatoms. The summed E-state index contributed by atoms with van der Waals surface area (Å²) in [7, 11) is 0. The van der Waals surface area contributed by atoms with Gasteiger partial charge in [-0.1, -0.05) is 48.5 Å². The Kier molecular flexibility index (Phi) is 5.08. The first-order chi connectivity index (χ1) is 16.7. The highest BCUT2D eigenvalue weighted by Gasteiger charge is 2.24. The van der Waals surface area contributed by atoms with Crippen LogP contribution in [0.4, 0.5) is 4.39 Å². The molecule has 2 N–H and O–H groups in total. The van der Waals surface area contributed by atoms with Crippen molar-refractivity contribution in [1.82, 2.24) is 19.9 Å². The van der Waals surface area contributed by atoms with Crippen LogP contribution in [0.1, 0.15) is 16.8 Å². The Balaban J connectivity index is 1.34. The predicted molar refractivity (Wildman–Crippen MR) is 132 cm³/mol. The van der Waals surface area contributed by atoms with Gasteiger partial charge in [0, 0.05) is 42.5 Å². The zero-order chi connectivity index (χ0) is 23.1. The van der Waals surface area contributed by atoms with Gasteiger partial charge < -0.3 is 9.97 Å². The van der Waals surface area contributed by atoms with Crippen LogP contribution in [0.25, 0.3) is 33.5 Å². The molecule has 34 heavy (non-hydrogen) atoms. The molecule has 1 aliphatic heterocycles. The highest BCUT2D eigenvalue weighted by atomic mass is 19.1. The maximum atomic E-state index is 13.5. The average molecular weight is 451 g/mol. The van der Waals surface area contributed by atoms with E-state index >= 15 is 0 Å². The molecular formula is C28H23FN4O. The zero-order valence-electron chi connectivity index (χ0n) is 18.5. The smallest absolute Gasteiger partial charge is 0.255 e. The molecule has 6 rings (SSSR count). The van der Waals surface area contributed by atoms with Crippen LogP contribution in [0.3, 0.4) is 0 Å². The molecule has 0 fully saturated rings. The first-order valence-electron chi connectivity index (χ1n) is 11.4. The van der Waals surface area contributed by atoms with Gasteiger partial charge in [-0.2, -0.15) is 0 Å². The number of H-pyrrole nitrogens is 2. The molecule has 0 saturated carbocycles. The van der Waals surface area contributed by atoms with E-state index in [9.17, 15) is 9.18 Å². The number of halogens is 1. The van der Waals surface area contributed by atoms with E-state index in [1.54, 1.807) is 12.1 Å². The Bertz CT molecular complexity index is 1540. The Morgan fingerprint density at radius 2 is 1.65 bits per heavy atom. The summed E-state index contributed by atoms with van der Waals surface area (Å²) in [5, 5.41) is 1.14. The molecule has 3 aromatic carbocycles. The summed E-state index contributed by atoms with van der Waals surface area (Å²) in [6, 6.07) is 24.5. The van der Waals surface area contributed by atoms with E-state index in [4.69, 9.17) is 4.98 Å². The number of benzene rings is 3. The molecule has 0 unspecified atom stereocenters. The van der Waals surface area contributed by atoms with E-state index in [1.807, 2.05) is 42.5 Å². The fraction of sp³-hybridized carbons (Fsp3) is 0.143. The van der Waals surface area contributed by atoms with Crippen LogP contribution in [0.2, 0.25) is 0 Å². The Morgan fingerprint density at radius 1 is 0.882 bits per heavy atom. The van der Waals surface area contributed by atoms with E-state index < -0.39 is 0 Å². The largest absolute Gasteiger partial charge is 0.354 e. The lowest BCUT2D eigenvalue weighted by Crippen LogP contribution is -2.35. The number of hydrogen-bond donors (Lipinski definition) is 2. The summed E-state index contributed by atoms with van der Waals surface area (Å²) >= 11 is 0. The van der Waals surface area contributed by atoms with Crippen LogP contribution in [-0.2, 0) is 19.5 Å². The lowest BCUT2D eigenvalue weighted by Gasteiger charge is -2.28. The molecule has 2 aromatic heterocycles. The van der Waals surface area contributed by atoms with Crippen molar-refractivity contribution in [2.45, 2.75) is 19.5 Å². The number of para-hydroxylation sites is 1. The molecular weight excluding hydrogens is 427 g/mol. The van der Waals surface area contributed by atoms with Crippen LogP contribution in [0.15, 0.2) is 83.7 Å². The molecule has 5 aromatic rings. The van der Waals surface area contributed by atoms with Gasteiger partial charge in [0.25, 0.3) is 5.56 Å². The zero-order valence-corrected chi connectivity index (χ0v) is 18.5. The van der Waals surface area contributed by atoms with Crippen LogP contribution in [0.5, 0.6) is 0 Å². The van der Waals surface area contributed by atoms with E-state index in [-0.39, 0.29) is 11.4 Å². The van der Waals surface area contributed by atoms with Crippen molar-refractivity contribution in [2.75, 3.05) is 6.54 Å². The Labute approximate surface area is 195 Å². The summed E-state index contributed by atoms with van der Waals surface area (Å²) < 4.78 is 13.5. The minimum Gasteiger partial charge on any atom is -0.354 e. The average Bonchev–Trinajstić information content (AvgIpc) is 3.23. The van der Waals surface area contributed by atoms with Crippen molar-refractivity contribution >= 4 is 10.9 Å². The fourth-order valence-electron chi connectivity index (χ4n) is 4.80. The molecule has 0 aliphatic carbocycles. The quantitative estimate of drug-likeness (QED) is 0.391. The van der Waals surface area contributed by atoms with Crippen LogP contribution in [0, 0.1) is 5.82 Å². The lowest BCUT2D eigenvalue weighted by molar-refractivity contribution is 0.243. The van der Waals surface area contributed by atoms with Gasteiger partial charge in [0.05, 0.1) is 17.0 Å². The molecule has 0 spiro atoms. The maximum absolute atomic E-state index is 13.5. The number of fused-ring (bicyclic) bond motifs is 2. The molecule has 0 amide bonds. The van der Waals surface area contributed by atoms with Crippen molar-refractivity contribution in [3.63, 3.8) is 0 Å². The normalized spacial score (nSPS) is 13.8. The second-order valence-electron chi connectivity index (χ2n) is 8.70. The molecule has 0 atom stereocenters. The van der Waals surface area contributed by atoms with E-state index in [1.165, 1.54) is 12.1 Å². The van der Waals surface area contributed by atoms with E-state index in [0.29, 0.717) is 25.3 Å². The number of hydrogen-bond acceptors (Lipinski definition) is 3. The fourth-order valence-corrected chi connectivity index (χ4v) is 4.80. The molecule has 0 saturated heterocycles. The third-order valence-corrected chi connectivity index (χ3v) is 6.52.